The Morgan fingerprint density at radius 3 is 2.88 bits per heavy atom. The maximum atomic E-state index is 12.8. The summed E-state index contributed by atoms with van der Waals surface area (Å²) in [7, 11) is -1.89. The van der Waals surface area contributed by atoms with Crippen molar-refractivity contribution < 1.29 is 17.9 Å². The Bertz CT molecular complexity index is 1400. The van der Waals surface area contributed by atoms with E-state index in [0.717, 1.165) is 28.0 Å². The number of anilines is 1. The number of fused-ring (bicyclic) bond motifs is 1. The number of ether oxygens (including phenoxy) is 2. The van der Waals surface area contributed by atoms with Gasteiger partial charge >= 0.3 is 0 Å². The maximum absolute atomic E-state index is 12.8. The summed E-state index contributed by atoms with van der Waals surface area (Å²) in [6.45, 7) is 2.46. The first kappa shape index (κ1) is 21.5. The summed E-state index contributed by atoms with van der Waals surface area (Å²) < 4.78 is 42.0. The van der Waals surface area contributed by atoms with Crippen LogP contribution in [0.1, 0.15) is 23.7 Å². The first-order valence-corrected chi connectivity index (χ1v) is 12.7. The zero-order valence-electron chi connectivity index (χ0n) is 18.1. The molecule has 8 nitrogen and oxygen atoms in total. The Morgan fingerprint density at radius 2 is 2.12 bits per heavy atom. The molecule has 0 unspecified atom stereocenters. The summed E-state index contributed by atoms with van der Waals surface area (Å²) in [5.74, 6) is 1.25. The fourth-order valence-electron chi connectivity index (χ4n) is 3.76. The van der Waals surface area contributed by atoms with E-state index in [1.807, 2.05) is 38.5 Å². The number of rotatable bonds is 6. The molecule has 10 heteroatoms. The fraction of sp³-hybridized carbons (Fsp3) is 0.217. The SMILES string of the molecule is Cc1ccc(O[C@@H]2CCOc3cc(S(=O)(=O)Nc4nccs4)ccc32)c(-c2cnn(C)c2)c1. The van der Waals surface area contributed by atoms with E-state index >= 15 is 0 Å². The smallest absolute Gasteiger partial charge is 0.263 e. The zero-order chi connectivity index (χ0) is 23.0. The minimum atomic E-state index is -3.77. The Balaban J connectivity index is 1.44. The maximum Gasteiger partial charge on any atom is 0.263 e. The highest BCUT2D eigenvalue weighted by molar-refractivity contribution is 7.93. The summed E-state index contributed by atoms with van der Waals surface area (Å²) in [6, 6.07) is 10.9. The summed E-state index contributed by atoms with van der Waals surface area (Å²) in [4.78, 5) is 4.10. The lowest BCUT2D eigenvalue weighted by Crippen LogP contribution is -2.20. The van der Waals surface area contributed by atoms with E-state index in [0.29, 0.717) is 23.9 Å². The Labute approximate surface area is 195 Å². The molecule has 3 heterocycles. The number of sulfonamides is 1. The lowest BCUT2D eigenvalue weighted by Gasteiger charge is -2.28. The number of aromatic nitrogens is 3. The van der Waals surface area contributed by atoms with Gasteiger partial charge in [-0.25, -0.2) is 13.4 Å². The van der Waals surface area contributed by atoms with Gasteiger partial charge in [0.2, 0.25) is 0 Å². The minimum absolute atomic E-state index is 0.114. The quantitative estimate of drug-likeness (QED) is 0.433. The third-order valence-corrected chi connectivity index (χ3v) is 7.51. The van der Waals surface area contributed by atoms with Crippen molar-refractivity contribution in [2.24, 2.45) is 7.05 Å². The summed E-state index contributed by atoms with van der Waals surface area (Å²) in [5.41, 5.74) is 3.87. The number of nitrogens with zero attached hydrogens (tertiary/aromatic N) is 3. The van der Waals surface area contributed by atoms with Crippen molar-refractivity contribution in [1.82, 2.24) is 14.8 Å². The van der Waals surface area contributed by atoms with E-state index in [1.165, 1.54) is 17.4 Å². The molecule has 33 heavy (non-hydrogen) atoms. The minimum Gasteiger partial charge on any atom is -0.493 e. The standard InChI is InChI=1S/C23H22N4O4S2/c1-15-3-6-20(19(11-15)16-13-25-27(2)14-16)31-21-7-9-30-22-12-17(4-5-18(21)22)33(28,29)26-23-24-8-10-32-23/h3-6,8,10-14,21H,7,9H2,1-2H3,(H,24,26)/t21-/m1/s1. The van der Waals surface area contributed by atoms with Crippen molar-refractivity contribution in [2.45, 2.75) is 24.3 Å². The molecule has 4 aromatic rings. The Morgan fingerprint density at radius 1 is 1.24 bits per heavy atom. The van der Waals surface area contributed by atoms with Crippen molar-refractivity contribution in [3.8, 4) is 22.6 Å². The molecule has 0 saturated heterocycles. The molecule has 0 aliphatic carbocycles. The van der Waals surface area contributed by atoms with Crippen LogP contribution in [-0.2, 0) is 17.1 Å². The normalized spacial score (nSPS) is 15.5. The highest BCUT2D eigenvalue weighted by atomic mass is 32.2. The number of hydrogen-bond donors (Lipinski definition) is 1. The van der Waals surface area contributed by atoms with Gasteiger partial charge in [0, 0.05) is 54.0 Å². The summed E-state index contributed by atoms with van der Waals surface area (Å²) in [5, 5.41) is 6.31. The van der Waals surface area contributed by atoms with Gasteiger partial charge in [0.25, 0.3) is 10.0 Å². The van der Waals surface area contributed by atoms with E-state index < -0.39 is 10.0 Å². The van der Waals surface area contributed by atoms with Crippen molar-refractivity contribution in [3.05, 3.63) is 71.5 Å². The van der Waals surface area contributed by atoms with Gasteiger partial charge in [0.15, 0.2) is 5.13 Å². The van der Waals surface area contributed by atoms with E-state index in [2.05, 4.69) is 20.9 Å². The second kappa shape index (κ2) is 8.53. The van der Waals surface area contributed by atoms with Crippen molar-refractivity contribution in [2.75, 3.05) is 11.3 Å². The fourth-order valence-corrected chi connectivity index (χ4v) is 5.56. The molecule has 0 saturated carbocycles. The van der Waals surface area contributed by atoms with Crippen LogP contribution in [0, 0.1) is 6.92 Å². The Kier molecular flexibility index (Phi) is 5.55. The number of nitrogens with one attached hydrogen (secondary N) is 1. The largest absolute Gasteiger partial charge is 0.493 e. The summed E-state index contributed by atoms with van der Waals surface area (Å²) in [6.07, 6.45) is 5.69. The molecule has 1 atom stereocenters. The number of hydrogen-bond acceptors (Lipinski definition) is 7. The van der Waals surface area contributed by atoms with E-state index in [1.54, 1.807) is 28.4 Å². The van der Waals surface area contributed by atoms with Crippen LogP contribution in [0.5, 0.6) is 11.5 Å². The molecule has 2 aromatic heterocycles. The second-order valence-electron chi connectivity index (χ2n) is 7.79. The highest BCUT2D eigenvalue weighted by Gasteiger charge is 2.27. The van der Waals surface area contributed by atoms with E-state index in [-0.39, 0.29) is 11.0 Å². The molecule has 2 aromatic carbocycles. The number of benzene rings is 2. The van der Waals surface area contributed by atoms with Gasteiger partial charge in [-0.3, -0.25) is 9.40 Å². The molecule has 0 spiro atoms. The topological polar surface area (TPSA) is 95.3 Å². The number of thiazole rings is 1. The molecule has 5 rings (SSSR count). The third kappa shape index (κ3) is 4.44. The van der Waals surface area contributed by atoms with Gasteiger partial charge in [0.1, 0.15) is 17.6 Å². The van der Waals surface area contributed by atoms with Gasteiger partial charge < -0.3 is 9.47 Å². The lowest BCUT2D eigenvalue weighted by atomic mass is 10.0. The first-order valence-electron chi connectivity index (χ1n) is 10.3. The molecule has 0 amide bonds. The van der Waals surface area contributed by atoms with Gasteiger partial charge in [-0.05, 0) is 25.1 Å². The van der Waals surface area contributed by atoms with Crippen LogP contribution in [0.15, 0.2) is 65.3 Å². The monoisotopic (exact) mass is 482 g/mol. The third-order valence-electron chi connectivity index (χ3n) is 5.35. The van der Waals surface area contributed by atoms with Crippen molar-refractivity contribution >= 4 is 26.5 Å². The van der Waals surface area contributed by atoms with Crippen LogP contribution >= 0.6 is 11.3 Å². The second-order valence-corrected chi connectivity index (χ2v) is 10.4. The van der Waals surface area contributed by atoms with Crippen LogP contribution in [0.3, 0.4) is 0 Å². The van der Waals surface area contributed by atoms with Crippen molar-refractivity contribution in [3.63, 3.8) is 0 Å². The Hall–Kier alpha value is -3.37. The van der Waals surface area contributed by atoms with E-state index in [9.17, 15) is 8.42 Å². The van der Waals surface area contributed by atoms with Gasteiger partial charge in [-0.2, -0.15) is 5.10 Å². The van der Waals surface area contributed by atoms with Crippen LogP contribution < -0.4 is 14.2 Å². The zero-order valence-corrected chi connectivity index (χ0v) is 19.7. The molecule has 1 N–H and O–H groups in total. The van der Waals surface area contributed by atoms with Crippen LogP contribution in [-0.4, -0.2) is 29.8 Å². The number of aryl methyl sites for hydroxylation is 2. The molecule has 1 aliphatic heterocycles. The summed E-state index contributed by atoms with van der Waals surface area (Å²) >= 11 is 1.22. The first-order chi connectivity index (χ1) is 15.9. The predicted molar refractivity (Wildman–Crippen MR) is 126 cm³/mol. The van der Waals surface area contributed by atoms with Gasteiger partial charge in [0.05, 0.1) is 17.7 Å². The van der Waals surface area contributed by atoms with Crippen LogP contribution in [0.25, 0.3) is 11.1 Å². The van der Waals surface area contributed by atoms with Crippen molar-refractivity contribution in [1.29, 1.82) is 0 Å². The van der Waals surface area contributed by atoms with E-state index in [4.69, 9.17) is 9.47 Å². The average Bonchev–Trinajstić information content (AvgIpc) is 3.46. The predicted octanol–water partition coefficient (Wildman–Crippen LogP) is 4.56. The van der Waals surface area contributed by atoms with Gasteiger partial charge in [-0.15, -0.1) is 11.3 Å². The lowest BCUT2D eigenvalue weighted by molar-refractivity contribution is 0.136. The highest BCUT2D eigenvalue weighted by Crippen LogP contribution is 2.40. The van der Waals surface area contributed by atoms with Gasteiger partial charge in [-0.1, -0.05) is 17.7 Å². The molecule has 0 radical (unpaired) electrons. The molecule has 170 valence electrons. The molecular formula is C23H22N4O4S2. The molecular weight excluding hydrogens is 460 g/mol. The molecule has 1 aliphatic rings. The van der Waals surface area contributed by atoms with Crippen LogP contribution in [0.2, 0.25) is 0 Å². The van der Waals surface area contributed by atoms with Crippen LogP contribution in [0.4, 0.5) is 5.13 Å². The molecule has 0 bridgehead atoms. The molecule has 0 fully saturated rings. The average molecular weight is 483 g/mol.